The van der Waals surface area contributed by atoms with Gasteiger partial charge >= 0.3 is 0 Å². The van der Waals surface area contributed by atoms with Crippen molar-refractivity contribution in [3.63, 3.8) is 0 Å². The molecule has 108 valence electrons. The van der Waals surface area contributed by atoms with E-state index in [2.05, 4.69) is 0 Å². The van der Waals surface area contributed by atoms with Crippen LogP contribution < -0.4 is 10.5 Å². The summed E-state index contributed by atoms with van der Waals surface area (Å²) in [6, 6.07) is 14.6. The molecule has 0 atom stereocenters. The van der Waals surface area contributed by atoms with Gasteiger partial charge < -0.3 is 15.0 Å². The molecule has 3 nitrogen and oxygen atoms in total. The summed E-state index contributed by atoms with van der Waals surface area (Å²) >= 11 is 0. The number of ether oxygens (including phenoxy) is 1. The Labute approximate surface area is 122 Å². The van der Waals surface area contributed by atoms with Crippen molar-refractivity contribution >= 4 is 10.9 Å². The molecule has 4 heteroatoms. The van der Waals surface area contributed by atoms with E-state index in [1.807, 2.05) is 41.1 Å². The van der Waals surface area contributed by atoms with Gasteiger partial charge in [0, 0.05) is 23.7 Å². The van der Waals surface area contributed by atoms with Crippen LogP contribution in [-0.2, 0) is 13.1 Å². The molecule has 0 amide bonds. The molecule has 0 aliphatic carbocycles. The zero-order valence-electron chi connectivity index (χ0n) is 11.6. The zero-order valence-corrected chi connectivity index (χ0v) is 11.6. The van der Waals surface area contributed by atoms with E-state index in [1.54, 1.807) is 12.1 Å². The smallest absolute Gasteiger partial charge is 0.132 e. The van der Waals surface area contributed by atoms with Crippen molar-refractivity contribution in [2.75, 3.05) is 6.61 Å². The van der Waals surface area contributed by atoms with E-state index >= 15 is 0 Å². The number of nitrogens with zero attached hydrogens (tertiary/aromatic N) is 1. The molecule has 0 saturated carbocycles. The van der Waals surface area contributed by atoms with Gasteiger partial charge in [-0.1, -0.05) is 24.3 Å². The highest BCUT2D eigenvalue weighted by Crippen LogP contribution is 2.20. The van der Waals surface area contributed by atoms with Crippen LogP contribution in [0.2, 0.25) is 0 Å². The lowest BCUT2D eigenvalue weighted by Gasteiger charge is -2.11. The molecule has 0 bridgehead atoms. The standard InChI is InChI=1S/C17H17FN2O/c18-15-5-3-6-16-14(15)8-9-20(16)10-11-21-17-7-2-1-4-13(17)12-19/h1-9H,10-12,19H2. The maximum Gasteiger partial charge on any atom is 0.132 e. The van der Waals surface area contributed by atoms with E-state index in [4.69, 9.17) is 10.5 Å². The van der Waals surface area contributed by atoms with Gasteiger partial charge in [-0.3, -0.25) is 0 Å². The summed E-state index contributed by atoms with van der Waals surface area (Å²) in [5.41, 5.74) is 7.55. The predicted octanol–water partition coefficient (Wildman–Crippen LogP) is 3.32. The molecule has 0 saturated heterocycles. The topological polar surface area (TPSA) is 40.2 Å². The highest BCUT2D eigenvalue weighted by molar-refractivity contribution is 5.80. The number of hydrogen-bond donors (Lipinski definition) is 1. The molecule has 0 fully saturated rings. The van der Waals surface area contributed by atoms with Crippen molar-refractivity contribution in [2.45, 2.75) is 13.1 Å². The number of para-hydroxylation sites is 1. The monoisotopic (exact) mass is 284 g/mol. The van der Waals surface area contributed by atoms with E-state index < -0.39 is 0 Å². The lowest BCUT2D eigenvalue weighted by molar-refractivity contribution is 0.297. The highest BCUT2D eigenvalue weighted by atomic mass is 19.1. The number of aromatic nitrogens is 1. The Bertz CT molecular complexity index is 751. The Morgan fingerprint density at radius 3 is 2.76 bits per heavy atom. The van der Waals surface area contributed by atoms with Crippen molar-refractivity contribution in [3.05, 3.63) is 66.1 Å². The Morgan fingerprint density at radius 2 is 1.90 bits per heavy atom. The molecule has 1 aromatic heterocycles. The van der Waals surface area contributed by atoms with Gasteiger partial charge in [-0.15, -0.1) is 0 Å². The lowest BCUT2D eigenvalue weighted by atomic mass is 10.2. The van der Waals surface area contributed by atoms with Crippen LogP contribution in [-0.4, -0.2) is 11.2 Å². The van der Waals surface area contributed by atoms with Crippen LogP contribution >= 0.6 is 0 Å². The molecular weight excluding hydrogens is 267 g/mol. The summed E-state index contributed by atoms with van der Waals surface area (Å²) in [4.78, 5) is 0. The molecule has 2 aromatic carbocycles. The third-order valence-electron chi connectivity index (χ3n) is 3.54. The van der Waals surface area contributed by atoms with Gasteiger partial charge in [0.05, 0.1) is 12.1 Å². The Morgan fingerprint density at radius 1 is 1.05 bits per heavy atom. The van der Waals surface area contributed by atoms with E-state index in [-0.39, 0.29) is 5.82 Å². The van der Waals surface area contributed by atoms with Gasteiger partial charge in [0.15, 0.2) is 0 Å². The summed E-state index contributed by atoms with van der Waals surface area (Å²) in [7, 11) is 0. The molecular formula is C17H17FN2O. The Kier molecular flexibility index (Phi) is 3.88. The average molecular weight is 284 g/mol. The van der Waals surface area contributed by atoms with Crippen molar-refractivity contribution in [1.29, 1.82) is 0 Å². The maximum atomic E-state index is 13.6. The van der Waals surface area contributed by atoms with Crippen LogP contribution in [0, 0.1) is 5.82 Å². The van der Waals surface area contributed by atoms with Crippen molar-refractivity contribution in [1.82, 2.24) is 4.57 Å². The molecule has 0 aliphatic rings. The summed E-state index contributed by atoms with van der Waals surface area (Å²) in [6.45, 7) is 1.62. The molecule has 2 N–H and O–H groups in total. The number of nitrogens with two attached hydrogens (primary N) is 1. The fourth-order valence-electron chi connectivity index (χ4n) is 2.45. The maximum absolute atomic E-state index is 13.6. The largest absolute Gasteiger partial charge is 0.491 e. The van der Waals surface area contributed by atoms with Crippen LogP contribution in [0.15, 0.2) is 54.7 Å². The summed E-state index contributed by atoms with van der Waals surface area (Å²) in [5, 5.41) is 0.639. The van der Waals surface area contributed by atoms with Crippen LogP contribution in [0.3, 0.4) is 0 Å². The Hall–Kier alpha value is -2.33. The van der Waals surface area contributed by atoms with Crippen molar-refractivity contribution in [3.8, 4) is 5.75 Å². The molecule has 0 radical (unpaired) electrons. The van der Waals surface area contributed by atoms with Gasteiger partial charge in [0.2, 0.25) is 0 Å². The van der Waals surface area contributed by atoms with Crippen LogP contribution in [0.5, 0.6) is 5.75 Å². The first kappa shape index (κ1) is 13.6. The minimum atomic E-state index is -0.194. The van der Waals surface area contributed by atoms with Crippen molar-refractivity contribution in [2.24, 2.45) is 5.73 Å². The lowest BCUT2D eigenvalue weighted by Crippen LogP contribution is -2.09. The second-order valence-corrected chi connectivity index (χ2v) is 4.84. The number of rotatable bonds is 5. The predicted molar refractivity (Wildman–Crippen MR) is 81.7 cm³/mol. The third kappa shape index (κ3) is 2.76. The number of hydrogen-bond acceptors (Lipinski definition) is 2. The number of benzene rings is 2. The summed E-state index contributed by atoms with van der Waals surface area (Å²) in [6.07, 6.45) is 1.88. The van der Waals surface area contributed by atoms with E-state index in [0.29, 0.717) is 25.1 Å². The van der Waals surface area contributed by atoms with Gasteiger partial charge in [0.25, 0.3) is 0 Å². The van der Waals surface area contributed by atoms with Crippen LogP contribution in [0.4, 0.5) is 4.39 Å². The van der Waals surface area contributed by atoms with Crippen molar-refractivity contribution < 1.29 is 9.13 Å². The van der Waals surface area contributed by atoms with E-state index in [0.717, 1.165) is 16.8 Å². The van der Waals surface area contributed by atoms with E-state index in [1.165, 1.54) is 6.07 Å². The highest BCUT2D eigenvalue weighted by Gasteiger charge is 2.05. The van der Waals surface area contributed by atoms with Gasteiger partial charge in [-0.05, 0) is 24.3 Å². The van der Waals surface area contributed by atoms with Gasteiger partial charge in [-0.25, -0.2) is 4.39 Å². The fourth-order valence-corrected chi connectivity index (χ4v) is 2.45. The first-order valence-electron chi connectivity index (χ1n) is 6.93. The molecule has 3 rings (SSSR count). The fraction of sp³-hybridized carbons (Fsp3) is 0.176. The first-order valence-corrected chi connectivity index (χ1v) is 6.93. The quantitative estimate of drug-likeness (QED) is 0.780. The second kappa shape index (κ2) is 5.97. The van der Waals surface area contributed by atoms with Crippen LogP contribution in [0.25, 0.3) is 10.9 Å². The van der Waals surface area contributed by atoms with Gasteiger partial charge in [0.1, 0.15) is 18.2 Å². The molecule has 0 aliphatic heterocycles. The zero-order chi connectivity index (χ0) is 14.7. The first-order chi connectivity index (χ1) is 10.3. The SMILES string of the molecule is NCc1ccccc1OCCn1ccc2c(F)cccc21. The Balaban J connectivity index is 1.71. The van der Waals surface area contributed by atoms with Crippen LogP contribution in [0.1, 0.15) is 5.56 Å². The number of halogens is 1. The third-order valence-corrected chi connectivity index (χ3v) is 3.54. The molecule has 1 heterocycles. The molecule has 0 unspecified atom stereocenters. The van der Waals surface area contributed by atoms with E-state index in [9.17, 15) is 4.39 Å². The average Bonchev–Trinajstić information content (AvgIpc) is 2.93. The minimum absolute atomic E-state index is 0.194. The summed E-state index contributed by atoms with van der Waals surface area (Å²) in [5.74, 6) is 0.614. The minimum Gasteiger partial charge on any atom is -0.491 e. The second-order valence-electron chi connectivity index (χ2n) is 4.84. The molecule has 21 heavy (non-hydrogen) atoms. The summed E-state index contributed by atoms with van der Waals surface area (Å²) < 4.78 is 21.4. The normalized spacial score (nSPS) is 11.0. The molecule has 0 spiro atoms. The number of fused-ring (bicyclic) bond motifs is 1. The molecule has 3 aromatic rings. The van der Waals surface area contributed by atoms with Gasteiger partial charge in [-0.2, -0.15) is 0 Å².